The average molecular weight is 284 g/mol. The molecule has 1 aromatic carbocycles. The maximum atomic E-state index is 6.11. The lowest BCUT2D eigenvalue weighted by Gasteiger charge is -2.34. The minimum absolute atomic E-state index is 0.239. The van der Waals surface area contributed by atoms with E-state index in [9.17, 15) is 0 Å². The topological polar surface area (TPSA) is 21.3 Å². The minimum Gasteiger partial charge on any atom is -0.496 e. The smallest absolute Gasteiger partial charge is 0.122 e. The van der Waals surface area contributed by atoms with Crippen LogP contribution in [0.15, 0.2) is 18.2 Å². The molecule has 0 amide bonds. The highest BCUT2D eigenvalue weighted by Gasteiger charge is 2.27. The van der Waals surface area contributed by atoms with E-state index in [1.807, 2.05) is 18.2 Å². The van der Waals surface area contributed by atoms with Crippen LogP contribution in [0.5, 0.6) is 5.75 Å². The molecular weight excluding hydrogens is 258 g/mol. The first-order valence-electron chi connectivity index (χ1n) is 7.00. The van der Waals surface area contributed by atoms with Crippen LogP contribution in [-0.4, -0.2) is 19.7 Å². The van der Waals surface area contributed by atoms with Crippen LogP contribution in [0.3, 0.4) is 0 Å². The summed E-state index contributed by atoms with van der Waals surface area (Å²) in [7, 11) is 1.71. The summed E-state index contributed by atoms with van der Waals surface area (Å²) < 4.78 is 5.44. The number of nitrogens with one attached hydrogen (secondary N) is 1. The second-order valence-electron chi connectivity index (χ2n) is 5.61. The number of methoxy groups -OCH3 is 1. The largest absolute Gasteiger partial charge is 0.496 e. The molecule has 2 nitrogen and oxygen atoms in total. The summed E-state index contributed by atoms with van der Waals surface area (Å²) in [4.78, 5) is 0. The Morgan fingerprint density at radius 3 is 2.53 bits per heavy atom. The summed E-state index contributed by atoms with van der Waals surface area (Å²) in [5, 5.41) is 4.36. The van der Waals surface area contributed by atoms with Crippen LogP contribution in [0, 0.1) is 5.41 Å². The third-order valence-corrected chi connectivity index (χ3v) is 4.21. The van der Waals surface area contributed by atoms with Crippen molar-refractivity contribution >= 4 is 11.6 Å². The van der Waals surface area contributed by atoms with Gasteiger partial charge in [-0.1, -0.05) is 39.3 Å². The Hall–Kier alpha value is -0.730. The van der Waals surface area contributed by atoms with Crippen LogP contribution >= 0.6 is 11.6 Å². The van der Waals surface area contributed by atoms with Gasteiger partial charge in [0.1, 0.15) is 5.75 Å². The zero-order valence-corrected chi connectivity index (χ0v) is 13.5. The van der Waals surface area contributed by atoms with Gasteiger partial charge < -0.3 is 10.1 Å². The molecule has 108 valence electrons. The molecule has 0 fully saturated rings. The highest BCUT2D eigenvalue weighted by molar-refractivity contribution is 6.30. The summed E-state index contributed by atoms with van der Waals surface area (Å²) in [5.41, 5.74) is 1.41. The van der Waals surface area contributed by atoms with E-state index < -0.39 is 0 Å². The van der Waals surface area contributed by atoms with Crippen LogP contribution in [0.4, 0.5) is 0 Å². The molecule has 1 atom stereocenters. The van der Waals surface area contributed by atoms with E-state index in [0.717, 1.165) is 30.2 Å². The van der Waals surface area contributed by atoms with Crippen LogP contribution in [0.2, 0.25) is 5.02 Å². The molecule has 1 N–H and O–H groups in total. The molecule has 0 aliphatic carbocycles. The number of halogens is 1. The van der Waals surface area contributed by atoms with Gasteiger partial charge in [0.15, 0.2) is 0 Å². The quantitative estimate of drug-likeness (QED) is 0.805. The van der Waals surface area contributed by atoms with Gasteiger partial charge in [0, 0.05) is 11.1 Å². The minimum atomic E-state index is 0.239. The molecule has 0 aliphatic heterocycles. The van der Waals surface area contributed by atoms with Gasteiger partial charge in [0.2, 0.25) is 0 Å². The Balaban J connectivity index is 2.99. The number of benzene rings is 1. The van der Waals surface area contributed by atoms with E-state index in [1.165, 1.54) is 5.56 Å². The van der Waals surface area contributed by atoms with Gasteiger partial charge in [0.05, 0.1) is 7.11 Å². The molecule has 0 aromatic heterocycles. The summed E-state index contributed by atoms with van der Waals surface area (Å²) in [6.45, 7) is 9.96. The SMILES string of the molecule is CCNC(Cc1cc(Cl)ccc1OC)C(C)(C)CC. The van der Waals surface area contributed by atoms with E-state index in [0.29, 0.717) is 6.04 Å². The Morgan fingerprint density at radius 1 is 1.32 bits per heavy atom. The second kappa shape index (κ2) is 7.16. The standard InChI is InChI=1S/C16H26ClNO/c1-6-16(3,4)15(18-7-2)11-12-10-13(17)8-9-14(12)19-5/h8-10,15,18H,6-7,11H2,1-5H3. The van der Waals surface area contributed by atoms with Crippen molar-refractivity contribution in [3.63, 3.8) is 0 Å². The zero-order valence-electron chi connectivity index (χ0n) is 12.7. The van der Waals surface area contributed by atoms with Gasteiger partial charge in [-0.25, -0.2) is 0 Å². The van der Waals surface area contributed by atoms with Crippen molar-refractivity contribution in [1.29, 1.82) is 0 Å². The van der Waals surface area contributed by atoms with E-state index in [1.54, 1.807) is 7.11 Å². The lowest BCUT2D eigenvalue weighted by Crippen LogP contribution is -2.43. The molecule has 0 spiro atoms. The van der Waals surface area contributed by atoms with E-state index >= 15 is 0 Å². The lowest BCUT2D eigenvalue weighted by atomic mass is 9.79. The predicted molar refractivity (Wildman–Crippen MR) is 83.2 cm³/mol. The maximum Gasteiger partial charge on any atom is 0.122 e. The molecule has 0 saturated carbocycles. The third-order valence-electron chi connectivity index (χ3n) is 3.97. The molecule has 19 heavy (non-hydrogen) atoms. The number of hydrogen-bond acceptors (Lipinski definition) is 2. The fraction of sp³-hybridized carbons (Fsp3) is 0.625. The molecule has 0 heterocycles. The molecule has 1 rings (SSSR count). The molecule has 1 aromatic rings. The predicted octanol–water partition coefficient (Wildman–Crippen LogP) is 4.31. The number of hydrogen-bond donors (Lipinski definition) is 1. The van der Waals surface area contributed by atoms with Crippen molar-refractivity contribution in [2.24, 2.45) is 5.41 Å². The summed E-state index contributed by atoms with van der Waals surface area (Å²) in [6.07, 6.45) is 2.06. The summed E-state index contributed by atoms with van der Waals surface area (Å²) in [5.74, 6) is 0.916. The molecule has 0 aliphatic rings. The van der Waals surface area contributed by atoms with Gasteiger partial charge >= 0.3 is 0 Å². The normalized spacial score (nSPS) is 13.4. The van der Waals surface area contributed by atoms with Gasteiger partial charge in [-0.15, -0.1) is 0 Å². The Labute approximate surface area is 122 Å². The van der Waals surface area contributed by atoms with Crippen molar-refractivity contribution < 1.29 is 4.74 Å². The van der Waals surface area contributed by atoms with Crippen molar-refractivity contribution in [2.45, 2.75) is 46.6 Å². The fourth-order valence-corrected chi connectivity index (χ4v) is 2.44. The molecule has 3 heteroatoms. The lowest BCUT2D eigenvalue weighted by molar-refractivity contribution is 0.231. The fourth-order valence-electron chi connectivity index (χ4n) is 2.24. The van der Waals surface area contributed by atoms with Crippen LogP contribution in [-0.2, 0) is 6.42 Å². The molecule has 0 saturated heterocycles. The first kappa shape index (κ1) is 16.3. The van der Waals surface area contributed by atoms with Crippen molar-refractivity contribution in [1.82, 2.24) is 5.32 Å². The Morgan fingerprint density at radius 2 is 2.00 bits per heavy atom. The molecule has 1 unspecified atom stereocenters. The highest BCUT2D eigenvalue weighted by Crippen LogP contribution is 2.31. The van der Waals surface area contributed by atoms with Crippen LogP contribution in [0.1, 0.15) is 39.7 Å². The zero-order chi connectivity index (χ0) is 14.5. The van der Waals surface area contributed by atoms with Crippen molar-refractivity contribution in [3.05, 3.63) is 28.8 Å². The average Bonchev–Trinajstić information content (AvgIpc) is 2.38. The number of rotatable bonds is 7. The Kier molecular flexibility index (Phi) is 6.15. The van der Waals surface area contributed by atoms with Crippen molar-refractivity contribution in [2.75, 3.05) is 13.7 Å². The highest BCUT2D eigenvalue weighted by atomic mass is 35.5. The molecule has 0 radical (unpaired) electrons. The van der Waals surface area contributed by atoms with Crippen molar-refractivity contribution in [3.8, 4) is 5.75 Å². The van der Waals surface area contributed by atoms with Gasteiger partial charge in [-0.2, -0.15) is 0 Å². The van der Waals surface area contributed by atoms with Gasteiger partial charge in [-0.05, 0) is 48.6 Å². The van der Waals surface area contributed by atoms with Gasteiger partial charge in [-0.3, -0.25) is 0 Å². The third kappa shape index (κ3) is 4.39. The maximum absolute atomic E-state index is 6.11. The molecule has 0 bridgehead atoms. The van der Waals surface area contributed by atoms with E-state index in [2.05, 4.69) is 33.0 Å². The molecular formula is C16H26ClNO. The van der Waals surface area contributed by atoms with Crippen LogP contribution < -0.4 is 10.1 Å². The first-order chi connectivity index (χ1) is 8.94. The van der Waals surface area contributed by atoms with E-state index in [4.69, 9.17) is 16.3 Å². The number of ether oxygens (including phenoxy) is 1. The van der Waals surface area contributed by atoms with E-state index in [-0.39, 0.29) is 5.41 Å². The second-order valence-corrected chi connectivity index (χ2v) is 6.05. The number of likely N-dealkylation sites (N-methyl/N-ethyl adjacent to an activating group) is 1. The first-order valence-corrected chi connectivity index (χ1v) is 7.38. The summed E-state index contributed by atoms with van der Waals surface area (Å²) in [6, 6.07) is 6.24. The summed E-state index contributed by atoms with van der Waals surface area (Å²) >= 11 is 6.11. The van der Waals surface area contributed by atoms with Gasteiger partial charge in [0.25, 0.3) is 0 Å². The van der Waals surface area contributed by atoms with Crippen LogP contribution in [0.25, 0.3) is 0 Å². The monoisotopic (exact) mass is 283 g/mol. The Bertz CT molecular complexity index is 404.